The molecule has 2 atom stereocenters. The Balaban J connectivity index is 2.29. The number of hydrazine groups is 1. The normalized spacial score (nSPS) is 21.9. The number of thioether (sulfide) groups is 2. The van der Waals surface area contributed by atoms with Gasteiger partial charge in [0.1, 0.15) is 0 Å². The second-order valence-electron chi connectivity index (χ2n) is 3.89. The summed E-state index contributed by atoms with van der Waals surface area (Å²) < 4.78 is 39.8. The van der Waals surface area contributed by atoms with Gasteiger partial charge in [-0.25, -0.2) is 13.2 Å². The molecule has 2 rings (SSSR count). The summed E-state index contributed by atoms with van der Waals surface area (Å²) in [5.41, 5.74) is 2.59. The van der Waals surface area contributed by atoms with E-state index in [1.165, 1.54) is 6.07 Å². The van der Waals surface area contributed by atoms with Crippen molar-refractivity contribution in [3.8, 4) is 0 Å². The van der Waals surface area contributed by atoms with Crippen LogP contribution in [0.5, 0.6) is 0 Å². The Morgan fingerprint density at radius 3 is 2.61 bits per heavy atom. The maximum atomic E-state index is 13.7. The molecule has 2 unspecified atom stereocenters. The van der Waals surface area contributed by atoms with E-state index in [-0.39, 0.29) is 10.8 Å². The van der Waals surface area contributed by atoms with E-state index in [1.54, 1.807) is 23.5 Å². The molecule has 0 spiro atoms. The lowest BCUT2D eigenvalue weighted by atomic mass is 10.0. The van der Waals surface area contributed by atoms with Crippen molar-refractivity contribution in [3.63, 3.8) is 0 Å². The molecule has 0 aromatic heterocycles. The van der Waals surface area contributed by atoms with Gasteiger partial charge in [0.05, 0.1) is 6.04 Å². The van der Waals surface area contributed by atoms with Crippen molar-refractivity contribution < 1.29 is 13.2 Å². The van der Waals surface area contributed by atoms with Crippen LogP contribution in [0.3, 0.4) is 0 Å². The minimum atomic E-state index is -1.44. The molecule has 0 bridgehead atoms. The van der Waals surface area contributed by atoms with Crippen LogP contribution >= 0.6 is 23.5 Å². The number of hydrogen-bond donors (Lipinski definition) is 2. The molecule has 100 valence electrons. The monoisotopic (exact) mass is 294 g/mol. The van der Waals surface area contributed by atoms with Crippen LogP contribution in [0.25, 0.3) is 0 Å². The zero-order valence-electron chi connectivity index (χ0n) is 9.46. The molecule has 18 heavy (non-hydrogen) atoms. The highest BCUT2D eigenvalue weighted by atomic mass is 32.2. The minimum Gasteiger partial charge on any atom is -0.271 e. The van der Waals surface area contributed by atoms with Crippen molar-refractivity contribution in [2.45, 2.75) is 11.3 Å². The Hall–Kier alpha value is -0.370. The van der Waals surface area contributed by atoms with Gasteiger partial charge in [-0.15, -0.1) is 0 Å². The zero-order valence-corrected chi connectivity index (χ0v) is 11.1. The average molecular weight is 294 g/mol. The zero-order chi connectivity index (χ0) is 13.1. The molecule has 1 aromatic rings. The summed E-state index contributed by atoms with van der Waals surface area (Å²) in [5, 5.41) is 0.0492. The molecule has 7 heteroatoms. The van der Waals surface area contributed by atoms with Crippen molar-refractivity contribution in [3.05, 3.63) is 35.1 Å². The van der Waals surface area contributed by atoms with E-state index in [0.717, 1.165) is 23.3 Å². The lowest BCUT2D eigenvalue weighted by Crippen LogP contribution is -2.38. The van der Waals surface area contributed by atoms with Crippen molar-refractivity contribution in [1.29, 1.82) is 0 Å². The van der Waals surface area contributed by atoms with Gasteiger partial charge >= 0.3 is 0 Å². The highest BCUT2D eigenvalue weighted by molar-refractivity contribution is 8.06. The number of benzene rings is 1. The van der Waals surface area contributed by atoms with Crippen LogP contribution in [-0.2, 0) is 0 Å². The van der Waals surface area contributed by atoms with Gasteiger partial charge in [-0.3, -0.25) is 11.3 Å². The van der Waals surface area contributed by atoms with Crippen LogP contribution < -0.4 is 11.3 Å². The third-order valence-corrected chi connectivity index (χ3v) is 5.66. The van der Waals surface area contributed by atoms with Gasteiger partial charge < -0.3 is 0 Å². The van der Waals surface area contributed by atoms with Gasteiger partial charge in [0.15, 0.2) is 17.5 Å². The largest absolute Gasteiger partial charge is 0.271 e. The Labute approximate surface area is 112 Å². The summed E-state index contributed by atoms with van der Waals surface area (Å²) in [6, 6.07) is 1.66. The molecule has 0 aliphatic carbocycles. The molecular formula is C11H13F3N2S2. The molecular weight excluding hydrogens is 281 g/mol. The first-order valence-electron chi connectivity index (χ1n) is 5.44. The van der Waals surface area contributed by atoms with E-state index in [1.807, 2.05) is 0 Å². The maximum absolute atomic E-state index is 13.7. The van der Waals surface area contributed by atoms with Gasteiger partial charge in [0.2, 0.25) is 0 Å². The predicted octanol–water partition coefficient (Wildman–Crippen LogP) is 2.46. The minimum absolute atomic E-state index is 0.0492. The maximum Gasteiger partial charge on any atom is 0.194 e. The van der Waals surface area contributed by atoms with Crippen LogP contribution in [0.15, 0.2) is 12.1 Å². The Kier molecular flexibility index (Phi) is 4.83. The number of hydrogen-bond acceptors (Lipinski definition) is 4. The SMILES string of the molecule is NNC(c1ccc(F)c(F)c1F)C1CSCCS1. The van der Waals surface area contributed by atoms with E-state index in [2.05, 4.69) is 5.43 Å². The van der Waals surface area contributed by atoms with Crippen LogP contribution in [0.4, 0.5) is 13.2 Å². The van der Waals surface area contributed by atoms with Crippen LogP contribution in [0.1, 0.15) is 11.6 Å². The molecule has 1 aliphatic heterocycles. The topological polar surface area (TPSA) is 38.0 Å². The highest BCUT2D eigenvalue weighted by Crippen LogP contribution is 2.34. The first-order chi connectivity index (χ1) is 8.65. The Bertz CT molecular complexity index is 425. The molecule has 1 aliphatic rings. The molecule has 0 amide bonds. The fraction of sp³-hybridized carbons (Fsp3) is 0.455. The van der Waals surface area contributed by atoms with Crippen LogP contribution in [0, 0.1) is 17.5 Å². The summed E-state index contributed by atoms with van der Waals surface area (Å²) in [6.45, 7) is 0. The molecule has 1 aromatic carbocycles. The molecule has 1 heterocycles. The molecule has 0 saturated carbocycles. The second kappa shape index (κ2) is 6.18. The van der Waals surface area contributed by atoms with Gasteiger partial charge in [-0.2, -0.15) is 23.5 Å². The standard InChI is InChI=1S/C11H13F3N2S2/c12-7-2-1-6(9(13)10(7)14)11(16-15)8-5-17-3-4-18-8/h1-2,8,11,16H,3-5,15H2. The Morgan fingerprint density at radius 2 is 2.00 bits per heavy atom. The van der Waals surface area contributed by atoms with E-state index in [4.69, 9.17) is 5.84 Å². The van der Waals surface area contributed by atoms with Crippen LogP contribution in [-0.4, -0.2) is 22.5 Å². The first kappa shape index (κ1) is 14.0. The third kappa shape index (κ3) is 2.79. The van der Waals surface area contributed by atoms with Crippen molar-refractivity contribution in [2.24, 2.45) is 5.84 Å². The molecule has 1 fully saturated rings. The first-order valence-corrected chi connectivity index (χ1v) is 7.64. The summed E-state index contributed by atoms with van der Waals surface area (Å²) in [7, 11) is 0. The molecule has 3 N–H and O–H groups in total. The van der Waals surface area contributed by atoms with Crippen molar-refractivity contribution in [1.82, 2.24) is 5.43 Å². The lowest BCUT2D eigenvalue weighted by Gasteiger charge is -2.29. The summed E-state index contributed by atoms with van der Waals surface area (Å²) >= 11 is 3.41. The second-order valence-corrected chi connectivity index (χ2v) is 6.39. The molecule has 0 radical (unpaired) electrons. The fourth-order valence-electron chi connectivity index (χ4n) is 1.88. The number of rotatable bonds is 3. The number of nitrogens with two attached hydrogens (primary N) is 1. The summed E-state index contributed by atoms with van der Waals surface area (Å²) in [5.74, 6) is 4.44. The predicted molar refractivity (Wildman–Crippen MR) is 70.0 cm³/mol. The van der Waals surface area contributed by atoms with E-state index in [9.17, 15) is 13.2 Å². The van der Waals surface area contributed by atoms with Crippen molar-refractivity contribution >= 4 is 23.5 Å². The third-order valence-electron chi connectivity index (χ3n) is 2.79. The smallest absolute Gasteiger partial charge is 0.194 e. The van der Waals surface area contributed by atoms with Gasteiger partial charge in [-0.05, 0) is 6.07 Å². The lowest BCUT2D eigenvalue weighted by molar-refractivity contribution is 0.425. The number of nitrogens with one attached hydrogen (secondary N) is 1. The number of halogens is 3. The molecule has 2 nitrogen and oxygen atoms in total. The quantitative estimate of drug-likeness (QED) is 0.510. The van der Waals surface area contributed by atoms with E-state index in [0.29, 0.717) is 0 Å². The summed E-state index contributed by atoms with van der Waals surface area (Å²) in [6.07, 6.45) is 0. The van der Waals surface area contributed by atoms with E-state index < -0.39 is 23.5 Å². The van der Waals surface area contributed by atoms with E-state index >= 15 is 0 Å². The highest BCUT2D eigenvalue weighted by Gasteiger charge is 2.29. The fourth-order valence-corrected chi connectivity index (χ4v) is 4.72. The van der Waals surface area contributed by atoms with Crippen LogP contribution in [0.2, 0.25) is 0 Å². The average Bonchev–Trinajstić information content (AvgIpc) is 2.41. The summed E-state index contributed by atoms with van der Waals surface area (Å²) in [4.78, 5) is 0. The van der Waals surface area contributed by atoms with Crippen molar-refractivity contribution in [2.75, 3.05) is 17.3 Å². The molecule has 1 saturated heterocycles. The Morgan fingerprint density at radius 1 is 1.22 bits per heavy atom. The van der Waals surface area contributed by atoms with Gasteiger partial charge in [0.25, 0.3) is 0 Å². The van der Waals surface area contributed by atoms with Gasteiger partial charge in [0, 0.05) is 28.1 Å². The van der Waals surface area contributed by atoms with Gasteiger partial charge in [-0.1, -0.05) is 6.07 Å².